The standard InChI is InChI=1S/C17H21ClN2O/c1-13(2)19-9-15-5-8-17(20-10-15)12-21-11-14-3-6-16(18)7-4-14/h3-8,10,13,19H,9,11-12H2,1-2H3. The van der Waals surface area contributed by atoms with E-state index in [1.165, 1.54) is 5.56 Å². The average molecular weight is 305 g/mol. The Labute approximate surface area is 131 Å². The van der Waals surface area contributed by atoms with Gasteiger partial charge in [-0.1, -0.05) is 43.6 Å². The minimum atomic E-state index is 0.479. The maximum atomic E-state index is 5.85. The first-order chi connectivity index (χ1) is 10.1. The Bertz CT molecular complexity index is 538. The van der Waals surface area contributed by atoms with E-state index >= 15 is 0 Å². The van der Waals surface area contributed by atoms with Crippen LogP contribution in [0.15, 0.2) is 42.6 Å². The SMILES string of the molecule is CC(C)NCc1ccc(COCc2ccc(Cl)cc2)nc1. The Balaban J connectivity index is 1.77. The Hall–Kier alpha value is -1.42. The zero-order valence-electron chi connectivity index (χ0n) is 12.5. The molecule has 0 aliphatic rings. The smallest absolute Gasteiger partial charge is 0.0892 e. The first-order valence-corrected chi connectivity index (χ1v) is 7.50. The average Bonchev–Trinajstić information content (AvgIpc) is 2.48. The molecule has 0 unspecified atom stereocenters. The van der Waals surface area contributed by atoms with Crippen molar-refractivity contribution in [2.24, 2.45) is 0 Å². The molecule has 0 fully saturated rings. The van der Waals surface area contributed by atoms with E-state index in [1.54, 1.807) is 0 Å². The molecule has 2 aromatic rings. The van der Waals surface area contributed by atoms with Gasteiger partial charge in [0, 0.05) is 23.8 Å². The molecule has 0 radical (unpaired) electrons. The van der Waals surface area contributed by atoms with Crippen LogP contribution in [0.3, 0.4) is 0 Å². The molecular formula is C17H21ClN2O. The van der Waals surface area contributed by atoms with Crippen molar-refractivity contribution in [3.63, 3.8) is 0 Å². The van der Waals surface area contributed by atoms with Gasteiger partial charge in [0.1, 0.15) is 0 Å². The summed E-state index contributed by atoms with van der Waals surface area (Å²) in [5, 5.41) is 4.11. The van der Waals surface area contributed by atoms with Gasteiger partial charge in [-0.05, 0) is 29.3 Å². The van der Waals surface area contributed by atoms with Crippen molar-refractivity contribution >= 4 is 11.6 Å². The number of halogens is 1. The maximum absolute atomic E-state index is 5.85. The molecule has 0 aliphatic heterocycles. The van der Waals surface area contributed by atoms with Crippen LogP contribution in [0, 0.1) is 0 Å². The van der Waals surface area contributed by atoms with Gasteiger partial charge >= 0.3 is 0 Å². The predicted molar refractivity (Wildman–Crippen MR) is 86.2 cm³/mol. The van der Waals surface area contributed by atoms with Crippen LogP contribution in [0.2, 0.25) is 5.02 Å². The number of aromatic nitrogens is 1. The van der Waals surface area contributed by atoms with Crippen molar-refractivity contribution in [1.82, 2.24) is 10.3 Å². The van der Waals surface area contributed by atoms with E-state index in [9.17, 15) is 0 Å². The number of pyridine rings is 1. The third-order valence-corrected chi connectivity index (χ3v) is 3.28. The molecule has 21 heavy (non-hydrogen) atoms. The van der Waals surface area contributed by atoms with E-state index in [2.05, 4.69) is 30.2 Å². The third kappa shape index (κ3) is 5.84. The zero-order valence-corrected chi connectivity index (χ0v) is 13.2. The molecule has 1 N–H and O–H groups in total. The topological polar surface area (TPSA) is 34.1 Å². The van der Waals surface area contributed by atoms with Crippen molar-refractivity contribution < 1.29 is 4.74 Å². The molecule has 1 heterocycles. The van der Waals surface area contributed by atoms with Crippen LogP contribution in [0.5, 0.6) is 0 Å². The lowest BCUT2D eigenvalue weighted by molar-refractivity contribution is 0.104. The van der Waals surface area contributed by atoms with Gasteiger partial charge in [0.15, 0.2) is 0 Å². The third-order valence-electron chi connectivity index (χ3n) is 3.03. The second-order valence-electron chi connectivity index (χ2n) is 5.31. The highest BCUT2D eigenvalue weighted by Crippen LogP contribution is 2.11. The fourth-order valence-electron chi connectivity index (χ4n) is 1.82. The molecule has 0 aliphatic carbocycles. The van der Waals surface area contributed by atoms with Crippen LogP contribution in [-0.4, -0.2) is 11.0 Å². The van der Waals surface area contributed by atoms with E-state index in [1.807, 2.05) is 36.5 Å². The van der Waals surface area contributed by atoms with Crippen LogP contribution >= 0.6 is 11.6 Å². The zero-order chi connectivity index (χ0) is 15.1. The number of nitrogens with zero attached hydrogens (tertiary/aromatic N) is 1. The molecule has 1 aromatic carbocycles. The summed E-state index contributed by atoms with van der Waals surface area (Å²) in [7, 11) is 0. The molecule has 0 amide bonds. The maximum Gasteiger partial charge on any atom is 0.0892 e. The lowest BCUT2D eigenvalue weighted by Gasteiger charge is -2.08. The number of hydrogen-bond acceptors (Lipinski definition) is 3. The van der Waals surface area contributed by atoms with E-state index in [-0.39, 0.29) is 0 Å². The molecule has 0 spiro atoms. The lowest BCUT2D eigenvalue weighted by atomic mass is 10.2. The molecule has 0 saturated carbocycles. The van der Waals surface area contributed by atoms with Crippen LogP contribution < -0.4 is 5.32 Å². The van der Waals surface area contributed by atoms with Gasteiger partial charge in [-0.2, -0.15) is 0 Å². The molecule has 0 atom stereocenters. The summed E-state index contributed by atoms with van der Waals surface area (Å²) in [5.74, 6) is 0. The van der Waals surface area contributed by atoms with Crippen molar-refractivity contribution in [3.05, 3.63) is 64.4 Å². The highest BCUT2D eigenvalue weighted by molar-refractivity contribution is 6.30. The van der Waals surface area contributed by atoms with Gasteiger partial charge in [0.2, 0.25) is 0 Å². The van der Waals surface area contributed by atoms with Crippen molar-refractivity contribution in [2.45, 2.75) is 39.6 Å². The van der Waals surface area contributed by atoms with Crippen molar-refractivity contribution in [2.75, 3.05) is 0 Å². The highest BCUT2D eigenvalue weighted by Gasteiger charge is 1.99. The van der Waals surface area contributed by atoms with Gasteiger partial charge in [0.25, 0.3) is 0 Å². The number of nitrogens with one attached hydrogen (secondary N) is 1. The number of hydrogen-bond donors (Lipinski definition) is 1. The second-order valence-corrected chi connectivity index (χ2v) is 5.75. The predicted octanol–water partition coefficient (Wildman–Crippen LogP) is 3.95. The quantitative estimate of drug-likeness (QED) is 0.841. The van der Waals surface area contributed by atoms with Gasteiger partial charge in [-0.25, -0.2) is 0 Å². The molecule has 2 rings (SSSR count). The number of ether oxygens (including phenoxy) is 1. The minimum Gasteiger partial charge on any atom is -0.370 e. The first-order valence-electron chi connectivity index (χ1n) is 7.13. The minimum absolute atomic E-state index is 0.479. The summed E-state index contributed by atoms with van der Waals surface area (Å²) in [4.78, 5) is 4.42. The van der Waals surface area contributed by atoms with Crippen molar-refractivity contribution in [1.29, 1.82) is 0 Å². The van der Waals surface area contributed by atoms with Crippen LogP contribution in [0.25, 0.3) is 0 Å². The van der Waals surface area contributed by atoms with Crippen LogP contribution in [0.1, 0.15) is 30.7 Å². The van der Waals surface area contributed by atoms with Crippen LogP contribution in [-0.2, 0) is 24.5 Å². The Morgan fingerprint density at radius 3 is 2.38 bits per heavy atom. The normalized spacial score (nSPS) is 11.0. The summed E-state index contributed by atoms with van der Waals surface area (Å²) in [6, 6.07) is 12.3. The molecule has 0 saturated heterocycles. The summed E-state index contributed by atoms with van der Waals surface area (Å²) < 4.78 is 5.66. The summed E-state index contributed by atoms with van der Waals surface area (Å²) >= 11 is 5.85. The number of benzene rings is 1. The lowest BCUT2D eigenvalue weighted by Crippen LogP contribution is -2.21. The molecule has 4 heteroatoms. The summed E-state index contributed by atoms with van der Waals surface area (Å²) in [6.45, 7) is 6.19. The monoisotopic (exact) mass is 304 g/mol. The highest BCUT2D eigenvalue weighted by atomic mass is 35.5. The Morgan fingerprint density at radius 1 is 1.05 bits per heavy atom. The van der Waals surface area contributed by atoms with E-state index in [0.717, 1.165) is 22.8 Å². The second kappa shape index (κ2) is 8.13. The van der Waals surface area contributed by atoms with Gasteiger partial charge in [0.05, 0.1) is 18.9 Å². The van der Waals surface area contributed by atoms with Gasteiger partial charge in [-0.3, -0.25) is 4.98 Å². The van der Waals surface area contributed by atoms with E-state index in [0.29, 0.717) is 19.3 Å². The Morgan fingerprint density at radius 2 is 1.76 bits per heavy atom. The molecule has 0 bridgehead atoms. The fraction of sp³-hybridized carbons (Fsp3) is 0.353. The number of rotatable bonds is 7. The Kier molecular flexibility index (Phi) is 6.18. The van der Waals surface area contributed by atoms with E-state index < -0.39 is 0 Å². The largest absolute Gasteiger partial charge is 0.370 e. The molecule has 3 nitrogen and oxygen atoms in total. The van der Waals surface area contributed by atoms with Crippen molar-refractivity contribution in [3.8, 4) is 0 Å². The summed E-state index contributed by atoms with van der Waals surface area (Å²) in [6.07, 6.45) is 1.90. The summed E-state index contributed by atoms with van der Waals surface area (Å²) in [5.41, 5.74) is 3.24. The van der Waals surface area contributed by atoms with Gasteiger partial charge < -0.3 is 10.1 Å². The first kappa shape index (κ1) is 16.0. The molecular weight excluding hydrogens is 284 g/mol. The molecule has 1 aromatic heterocycles. The van der Waals surface area contributed by atoms with Gasteiger partial charge in [-0.15, -0.1) is 0 Å². The fourth-order valence-corrected chi connectivity index (χ4v) is 1.95. The molecule has 112 valence electrons. The van der Waals surface area contributed by atoms with E-state index in [4.69, 9.17) is 16.3 Å². The van der Waals surface area contributed by atoms with Crippen LogP contribution in [0.4, 0.5) is 0 Å².